The van der Waals surface area contributed by atoms with E-state index in [1.165, 1.54) is 17.8 Å². The minimum absolute atomic E-state index is 0.00567. The fraction of sp³-hybridized carbons (Fsp3) is 0.273. The molecule has 3 rings (SSSR count). The summed E-state index contributed by atoms with van der Waals surface area (Å²) in [5.74, 6) is 0.0363. The molecule has 1 heterocycles. The number of rotatable bonds is 8. The van der Waals surface area contributed by atoms with Crippen LogP contribution in [0, 0.1) is 5.92 Å². The van der Waals surface area contributed by atoms with E-state index in [2.05, 4.69) is 20.8 Å². The Kier molecular flexibility index (Phi) is 9.12. The molecule has 12 heteroatoms. The molecule has 0 bridgehead atoms. The highest BCUT2D eigenvalue weighted by atomic mass is 35.5. The molecule has 180 valence electrons. The molecular weight excluding hydrogens is 540 g/mol. The zero-order chi connectivity index (χ0) is 25.0. The lowest BCUT2D eigenvalue weighted by atomic mass is 10.0. The van der Waals surface area contributed by atoms with E-state index in [4.69, 9.17) is 46.4 Å². The molecule has 7 nitrogen and oxygen atoms in total. The Hall–Kier alpha value is -1.97. The summed E-state index contributed by atoms with van der Waals surface area (Å²) in [6, 6.07) is 9.08. The minimum atomic E-state index is -0.437. The lowest BCUT2D eigenvalue weighted by Crippen LogP contribution is -2.33. The SMILES string of the molecule is CC(C)[C@@H](NC(=O)c1ccc(Cl)cc1Cl)c1nnc(SCC(=O)Nc2ccc(Cl)cc2Cl)n1C. The van der Waals surface area contributed by atoms with Gasteiger partial charge in [-0.25, -0.2) is 0 Å². The number of amides is 2. The summed E-state index contributed by atoms with van der Waals surface area (Å²) in [6.45, 7) is 3.92. The van der Waals surface area contributed by atoms with Crippen molar-refractivity contribution >= 4 is 75.7 Å². The molecule has 0 spiro atoms. The van der Waals surface area contributed by atoms with Crippen molar-refractivity contribution in [2.24, 2.45) is 13.0 Å². The highest BCUT2D eigenvalue weighted by molar-refractivity contribution is 7.99. The summed E-state index contributed by atoms with van der Waals surface area (Å²) >= 11 is 25.3. The average molecular weight is 561 g/mol. The maximum Gasteiger partial charge on any atom is 0.253 e. The maximum absolute atomic E-state index is 12.8. The molecule has 2 amide bonds. The van der Waals surface area contributed by atoms with Crippen molar-refractivity contribution in [1.82, 2.24) is 20.1 Å². The normalized spacial score (nSPS) is 12.0. The van der Waals surface area contributed by atoms with E-state index in [1.54, 1.807) is 41.9 Å². The van der Waals surface area contributed by atoms with Crippen molar-refractivity contribution < 1.29 is 9.59 Å². The van der Waals surface area contributed by atoms with Crippen molar-refractivity contribution in [3.63, 3.8) is 0 Å². The maximum atomic E-state index is 12.8. The Bertz CT molecular complexity index is 1220. The van der Waals surface area contributed by atoms with Crippen LogP contribution in [0.3, 0.4) is 0 Å². The number of nitrogens with zero attached hydrogens (tertiary/aromatic N) is 3. The van der Waals surface area contributed by atoms with Crippen molar-refractivity contribution in [1.29, 1.82) is 0 Å². The lowest BCUT2D eigenvalue weighted by molar-refractivity contribution is -0.113. The van der Waals surface area contributed by atoms with Crippen LogP contribution in [0.2, 0.25) is 20.1 Å². The lowest BCUT2D eigenvalue weighted by Gasteiger charge is -2.22. The molecule has 34 heavy (non-hydrogen) atoms. The molecule has 0 fully saturated rings. The number of hydrogen-bond acceptors (Lipinski definition) is 5. The number of benzene rings is 2. The van der Waals surface area contributed by atoms with E-state index >= 15 is 0 Å². The predicted octanol–water partition coefficient (Wildman–Crippen LogP) is 6.29. The third-order valence-corrected chi connectivity index (χ3v) is 6.93. The fourth-order valence-electron chi connectivity index (χ4n) is 3.05. The molecule has 0 saturated carbocycles. The van der Waals surface area contributed by atoms with Crippen LogP contribution in [-0.2, 0) is 11.8 Å². The van der Waals surface area contributed by atoms with Gasteiger partial charge in [0.1, 0.15) is 0 Å². The molecule has 2 aromatic carbocycles. The Morgan fingerprint density at radius 3 is 2.26 bits per heavy atom. The number of nitrogens with one attached hydrogen (secondary N) is 2. The van der Waals surface area contributed by atoms with Crippen LogP contribution in [-0.4, -0.2) is 32.3 Å². The zero-order valence-corrected chi connectivity index (χ0v) is 22.2. The van der Waals surface area contributed by atoms with E-state index in [-0.39, 0.29) is 28.5 Å². The van der Waals surface area contributed by atoms with Crippen LogP contribution in [0.5, 0.6) is 0 Å². The third-order valence-electron chi connectivity index (χ3n) is 4.81. The molecule has 2 N–H and O–H groups in total. The first-order valence-corrected chi connectivity index (χ1v) is 12.6. The van der Waals surface area contributed by atoms with Crippen molar-refractivity contribution in [3.8, 4) is 0 Å². The summed E-state index contributed by atoms with van der Waals surface area (Å²) in [5.41, 5.74) is 0.782. The van der Waals surface area contributed by atoms with E-state index in [9.17, 15) is 9.59 Å². The van der Waals surface area contributed by atoms with Gasteiger partial charge in [-0.1, -0.05) is 72.0 Å². The van der Waals surface area contributed by atoms with Gasteiger partial charge in [0.25, 0.3) is 5.91 Å². The molecule has 0 saturated heterocycles. The Balaban J connectivity index is 1.69. The summed E-state index contributed by atoms with van der Waals surface area (Å²) in [4.78, 5) is 25.2. The first-order valence-electron chi connectivity index (χ1n) is 10.1. The van der Waals surface area contributed by atoms with Crippen LogP contribution in [0.25, 0.3) is 0 Å². The van der Waals surface area contributed by atoms with Gasteiger partial charge in [-0.3, -0.25) is 9.59 Å². The molecule has 0 unspecified atom stereocenters. The number of anilines is 1. The summed E-state index contributed by atoms with van der Waals surface area (Å²) < 4.78 is 1.75. The quantitative estimate of drug-likeness (QED) is 0.316. The summed E-state index contributed by atoms with van der Waals surface area (Å²) in [6.07, 6.45) is 0. The fourth-order valence-corrected chi connectivity index (χ4v) is 4.72. The second-order valence-electron chi connectivity index (χ2n) is 7.68. The van der Waals surface area contributed by atoms with Crippen molar-refractivity contribution in [2.45, 2.75) is 25.0 Å². The monoisotopic (exact) mass is 559 g/mol. The van der Waals surface area contributed by atoms with Gasteiger partial charge in [-0.15, -0.1) is 10.2 Å². The topological polar surface area (TPSA) is 88.9 Å². The molecular formula is C22H21Cl4N5O2S. The highest BCUT2D eigenvalue weighted by Crippen LogP contribution is 2.28. The zero-order valence-electron chi connectivity index (χ0n) is 18.4. The van der Waals surface area contributed by atoms with E-state index < -0.39 is 6.04 Å². The van der Waals surface area contributed by atoms with Gasteiger partial charge in [0.05, 0.1) is 33.1 Å². The second kappa shape index (κ2) is 11.6. The van der Waals surface area contributed by atoms with Gasteiger partial charge in [0.2, 0.25) is 5.91 Å². The van der Waals surface area contributed by atoms with Crippen LogP contribution < -0.4 is 10.6 Å². The smallest absolute Gasteiger partial charge is 0.253 e. The number of carbonyl (C=O) groups is 2. The Labute approximate surface area is 221 Å². The van der Waals surface area contributed by atoms with Crippen molar-refractivity contribution in [2.75, 3.05) is 11.1 Å². The van der Waals surface area contributed by atoms with Gasteiger partial charge in [-0.2, -0.15) is 0 Å². The van der Waals surface area contributed by atoms with E-state index in [0.29, 0.717) is 37.3 Å². The molecule has 0 aliphatic rings. The molecule has 0 aliphatic carbocycles. The standard InChI is InChI=1S/C22H21Cl4N5O2S/c1-11(2)19(28-21(33)14-6-4-12(23)8-15(14)25)20-29-30-22(31(20)3)34-10-18(32)27-17-7-5-13(24)9-16(17)26/h4-9,11,19H,10H2,1-3H3,(H,27,32)(H,28,33)/t19-/m1/s1. The molecule has 0 aliphatic heterocycles. The Morgan fingerprint density at radius 1 is 1.00 bits per heavy atom. The van der Waals surface area contributed by atoms with Crippen LogP contribution in [0.15, 0.2) is 41.6 Å². The number of thioether (sulfide) groups is 1. The molecule has 1 aromatic heterocycles. The van der Waals surface area contributed by atoms with Crippen LogP contribution in [0.1, 0.15) is 36.1 Å². The largest absolute Gasteiger partial charge is 0.342 e. The highest BCUT2D eigenvalue weighted by Gasteiger charge is 2.26. The van der Waals surface area contributed by atoms with E-state index in [1.807, 2.05) is 13.8 Å². The van der Waals surface area contributed by atoms with Gasteiger partial charge in [0, 0.05) is 17.1 Å². The second-order valence-corrected chi connectivity index (χ2v) is 10.3. The van der Waals surface area contributed by atoms with Gasteiger partial charge < -0.3 is 15.2 Å². The summed E-state index contributed by atoms with van der Waals surface area (Å²) in [7, 11) is 1.78. The number of hydrogen-bond donors (Lipinski definition) is 2. The Morgan fingerprint density at radius 2 is 1.65 bits per heavy atom. The van der Waals surface area contributed by atoms with E-state index in [0.717, 1.165) is 0 Å². The number of carbonyl (C=O) groups excluding carboxylic acids is 2. The van der Waals surface area contributed by atoms with Gasteiger partial charge in [0.15, 0.2) is 11.0 Å². The summed E-state index contributed by atoms with van der Waals surface area (Å²) in [5, 5.41) is 16.2. The van der Waals surface area contributed by atoms with Gasteiger partial charge in [-0.05, 0) is 42.3 Å². The first-order chi connectivity index (χ1) is 16.1. The molecule has 0 radical (unpaired) electrons. The van der Waals surface area contributed by atoms with Crippen molar-refractivity contribution in [3.05, 3.63) is 67.9 Å². The average Bonchev–Trinajstić information content (AvgIpc) is 3.12. The number of aromatic nitrogens is 3. The van der Waals surface area contributed by atoms with Gasteiger partial charge >= 0.3 is 0 Å². The minimum Gasteiger partial charge on any atom is -0.342 e. The van der Waals surface area contributed by atoms with Crippen LogP contribution >= 0.6 is 58.2 Å². The predicted molar refractivity (Wildman–Crippen MR) is 138 cm³/mol. The third kappa shape index (κ3) is 6.58. The number of halogens is 4. The molecule has 3 aromatic rings. The van der Waals surface area contributed by atoms with Crippen LogP contribution in [0.4, 0.5) is 5.69 Å². The first kappa shape index (κ1) is 26.6. The molecule has 1 atom stereocenters.